The summed E-state index contributed by atoms with van der Waals surface area (Å²) in [6.45, 7) is 1.71. The third kappa shape index (κ3) is 3.30. The normalized spacial score (nSPS) is 12.2. The van der Waals surface area contributed by atoms with E-state index in [-0.39, 0.29) is 28.5 Å². The molecule has 1 amide bonds. The van der Waals surface area contributed by atoms with Crippen molar-refractivity contribution >= 4 is 29.1 Å². The molecule has 1 heterocycles. The molecule has 0 bridgehead atoms. The molecule has 1 aromatic rings. The predicted molar refractivity (Wildman–Crippen MR) is 60.7 cm³/mol. The summed E-state index contributed by atoms with van der Waals surface area (Å²) in [5, 5.41) is 18.6. The van der Waals surface area contributed by atoms with Crippen LogP contribution in [0.2, 0.25) is 10.3 Å². The van der Waals surface area contributed by atoms with Crippen LogP contribution in [0.4, 0.5) is 0 Å². The maximum atomic E-state index is 11.7. The third-order valence-corrected chi connectivity index (χ3v) is 2.48. The number of rotatable bonds is 4. The summed E-state index contributed by atoms with van der Waals surface area (Å²) in [4.78, 5) is 11.7. The summed E-state index contributed by atoms with van der Waals surface area (Å²) in [5.74, 6) is -0.428. The summed E-state index contributed by atoms with van der Waals surface area (Å²) in [7, 11) is 0. The number of hydrogen-bond acceptors (Lipinski definition) is 4. The molecule has 0 aliphatic heterocycles. The Morgan fingerprint density at radius 1 is 1.56 bits per heavy atom. The van der Waals surface area contributed by atoms with Crippen LogP contribution in [0.15, 0.2) is 6.07 Å². The molecule has 5 nitrogen and oxygen atoms in total. The topological polar surface area (TPSA) is 75.1 Å². The van der Waals surface area contributed by atoms with E-state index in [4.69, 9.17) is 28.3 Å². The van der Waals surface area contributed by atoms with Crippen LogP contribution in [0.25, 0.3) is 0 Å². The highest BCUT2D eigenvalue weighted by Crippen LogP contribution is 2.15. The Hall–Kier alpha value is -0.910. The molecule has 1 unspecified atom stereocenters. The lowest BCUT2D eigenvalue weighted by molar-refractivity contribution is 0.0914. The van der Waals surface area contributed by atoms with Crippen molar-refractivity contribution in [1.29, 1.82) is 0 Å². The number of hydrogen-bond donors (Lipinski definition) is 2. The molecule has 7 heteroatoms. The molecule has 1 atom stereocenters. The molecule has 2 N–H and O–H groups in total. The molecule has 0 fully saturated rings. The number of halogens is 2. The molecule has 0 aliphatic carbocycles. The monoisotopic (exact) mass is 263 g/mol. The molecule has 0 radical (unpaired) electrons. The molecule has 0 spiro atoms. The average Bonchev–Trinajstić information content (AvgIpc) is 2.28. The van der Waals surface area contributed by atoms with E-state index in [0.29, 0.717) is 6.42 Å². The Kier molecular flexibility index (Phi) is 4.92. The first kappa shape index (κ1) is 13.2. The molecule has 0 saturated carbocycles. The number of aromatic nitrogens is 2. The van der Waals surface area contributed by atoms with Crippen LogP contribution in [-0.4, -0.2) is 33.9 Å². The van der Waals surface area contributed by atoms with Gasteiger partial charge in [-0.25, -0.2) is 0 Å². The Morgan fingerprint density at radius 3 is 2.81 bits per heavy atom. The smallest absolute Gasteiger partial charge is 0.254 e. The number of carbonyl (C=O) groups excluding carboxylic acids is 1. The standard InChI is InChI=1S/C9H11Cl2N3O2/c1-2-5(4-15)12-9(16)6-3-7(10)13-14-8(6)11/h3,5,15H,2,4H2,1H3,(H,12,16). The molecule has 0 saturated heterocycles. The quantitative estimate of drug-likeness (QED) is 0.859. The summed E-state index contributed by atoms with van der Waals surface area (Å²) in [6.07, 6.45) is 0.617. The Balaban J connectivity index is 2.83. The average molecular weight is 264 g/mol. The highest BCUT2D eigenvalue weighted by atomic mass is 35.5. The first-order valence-electron chi connectivity index (χ1n) is 4.69. The van der Waals surface area contributed by atoms with E-state index in [9.17, 15) is 4.79 Å². The summed E-state index contributed by atoms with van der Waals surface area (Å²) in [6, 6.07) is 1.02. The van der Waals surface area contributed by atoms with Crippen LogP contribution in [0, 0.1) is 0 Å². The minimum atomic E-state index is -0.428. The van der Waals surface area contributed by atoms with Gasteiger partial charge in [0.05, 0.1) is 18.2 Å². The fourth-order valence-electron chi connectivity index (χ4n) is 1.05. The molecular formula is C9H11Cl2N3O2. The van der Waals surface area contributed by atoms with E-state index in [1.807, 2.05) is 6.92 Å². The Morgan fingerprint density at radius 2 is 2.25 bits per heavy atom. The van der Waals surface area contributed by atoms with Gasteiger partial charge in [0.25, 0.3) is 5.91 Å². The highest BCUT2D eigenvalue weighted by Gasteiger charge is 2.16. The van der Waals surface area contributed by atoms with Crippen LogP contribution in [0.1, 0.15) is 23.7 Å². The van der Waals surface area contributed by atoms with Crippen molar-refractivity contribution in [1.82, 2.24) is 15.5 Å². The summed E-state index contributed by atoms with van der Waals surface area (Å²) >= 11 is 11.3. The van der Waals surface area contributed by atoms with Crippen LogP contribution in [0.3, 0.4) is 0 Å². The maximum absolute atomic E-state index is 11.7. The van der Waals surface area contributed by atoms with Crippen molar-refractivity contribution < 1.29 is 9.90 Å². The van der Waals surface area contributed by atoms with Crippen molar-refractivity contribution in [2.45, 2.75) is 19.4 Å². The zero-order chi connectivity index (χ0) is 12.1. The van der Waals surface area contributed by atoms with Crippen molar-refractivity contribution in [3.05, 3.63) is 21.9 Å². The van der Waals surface area contributed by atoms with Gasteiger partial charge in [-0.1, -0.05) is 30.1 Å². The molecule has 0 aromatic carbocycles. The van der Waals surface area contributed by atoms with Crippen LogP contribution in [0.5, 0.6) is 0 Å². The van der Waals surface area contributed by atoms with E-state index in [1.54, 1.807) is 0 Å². The van der Waals surface area contributed by atoms with Gasteiger partial charge in [-0.15, -0.1) is 10.2 Å². The van der Waals surface area contributed by atoms with Gasteiger partial charge in [-0.3, -0.25) is 4.79 Å². The van der Waals surface area contributed by atoms with Crippen molar-refractivity contribution in [2.24, 2.45) is 0 Å². The van der Waals surface area contributed by atoms with Gasteiger partial charge < -0.3 is 10.4 Å². The lowest BCUT2D eigenvalue weighted by Crippen LogP contribution is -2.37. The zero-order valence-electron chi connectivity index (χ0n) is 8.57. The Bertz CT molecular complexity index is 383. The van der Waals surface area contributed by atoms with Crippen molar-refractivity contribution in [3.63, 3.8) is 0 Å². The lowest BCUT2D eigenvalue weighted by Gasteiger charge is -2.14. The van der Waals surface area contributed by atoms with Gasteiger partial charge in [0, 0.05) is 0 Å². The third-order valence-electron chi connectivity index (χ3n) is 2.01. The molecule has 88 valence electrons. The fraction of sp³-hybridized carbons (Fsp3) is 0.444. The highest BCUT2D eigenvalue weighted by molar-refractivity contribution is 6.34. The summed E-state index contributed by atoms with van der Waals surface area (Å²) in [5.41, 5.74) is 0.147. The van der Waals surface area contributed by atoms with Gasteiger partial charge in [-0.05, 0) is 12.5 Å². The van der Waals surface area contributed by atoms with Crippen LogP contribution < -0.4 is 5.32 Å². The van der Waals surface area contributed by atoms with Gasteiger partial charge in [0.1, 0.15) is 0 Å². The van der Waals surface area contributed by atoms with E-state index in [1.165, 1.54) is 6.07 Å². The number of aliphatic hydroxyl groups excluding tert-OH is 1. The second-order valence-electron chi connectivity index (χ2n) is 3.13. The van der Waals surface area contributed by atoms with Gasteiger partial charge in [0.2, 0.25) is 0 Å². The second kappa shape index (κ2) is 5.98. The maximum Gasteiger partial charge on any atom is 0.254 e. The number of nitrogens with one attached hydrogen (secondary N) is 1. The lowest BCUT2D eigenvalue weighted by atomic mass is 10.2. The largest absolute Gasteiger partial charge is 0.394 e. The van der Waals surface area contributed by atoms with Crippen molar-refractivity contribution in [2.75, 3.05) is 6.61 Å². The van der Waals surface area contributed by atoms with E-state index in [2.05, 4.69) is 15.5 Å². The van der Waals surface area contributed by atoms with E-state index >= 15 is 0 Å². The van der Waals surface area contributed by atoms with Crippen LogP contribution in [-0.2, 0) is 0 Å². The Labute approximate surface area is 103 Å². The number of amides is 1. The second-order valence-corrected chi connectivity index (χ2v) is 3.88. The first-order valence-corrected chi connectivity index (χ1v) is 5.44. The fourth-order valence-corrected chi connectivity index (χ4v) is 1.38. The molecular weight excluding hydrogens is 253 g/mol. The van der Waals surface area contributed by atoms with Crippen LogP contribution >= 0.6 is 23.2 Å². The van der Waals surface area contributed by atoms with Gasteiger partial charge in [0.15, 0.2) is 10.3 Å². The minimum absolute atomic E-state index is 0.0188. The zero-order valence-corrected chi connectivity index (χ0v) is 10.1. The van der Waals surface area contributed by atoms with E-state index in [0.717, 1.165) is 0 Å². The van der Waals surface area contributed by atoms with Gasteiger partial charge >= 0.3 is 0 Å². The minimum Gasteiger partial charge on any atom is -0.394 e. The predicted octanol–water partition coefficient (Wildman–Crippen LogP) is 1.28. The van der Waals surface area contributed by atoms with Gasteiger partial charge in [-0.2, -0.15) is 0 Å². The van der Waals surface area contributed by atoms with Crippen molar-refractivity contribution in [3.8, 4) is 0 Å². The molecule has 16 heavy (non-hydrogen) atoms. The van der Waals surface area contributed by atoms with E-state index < -0.39 is 5.91 Å². The number of carbonyl (C=O) groups is 1. The summed E-state index contributed by atoms with van der Waals surface area (Å²) < 4.78 is 0. The molecule has 1 aromatic heterocycles. The number of nitrogens with zero attached hydrogens (tertiary/aromatic N) is 2. The molecule has 1 rings (SSSR count). The molecule has 0 aliphatic rings. The number of aliphatic hydroxyl groups is 1. The first-order chi connectivity index (χ1) is 7.58. The SMILES string of the molecule is CCC(CO)NC(=O)c1cc(Cl)nnc1Cl.